The smallest absolute Gasteiger partial charge is 0.266 e. The lowest BCUT2D eigenvalue weighted by molar-refractivity contribution is 0.0945. The standard InChI is InChI=1S/C17H19ClN2O5S/c1-3-24-15-10-9-14(11-16(15)25-4-2)26(22,23)20-19-17(21)12-5-7-13(18)8-6-12/h5-11,20H,3-4H2,1-2H3,(H,19,21). The summed E-state index contributed by atoms with van der Waals surface area (Å²) in [7, 11) is -3.99. The summed E-state index contributed by atoms with van der Waals surface area (Å²) in [5.41, 5.74) is 2.42. The first-order chi connectivity index (χ1) is 12.4. The van der Waals surface area contributed by atoms with E-state index in [9.17, 15) is 13.2 Å². The van der Waals surface area contributed by atoms with Gasteiger partial charge in [-0.05, 0) is 50.2 Å². The van der Waals surface area contributed by atoms with Crippen LogP contribution in [0, 0.1) is 0 Å². The average molecular weight is 399 g/mol. The van der Waals surface area contributed by atoms with E-state index in [-0.39, 0.29) is 10.5 Å². The van der Waals surface area contributed by atoms with E-state index in [1.807, 2.05) is 6.92 Å². The number of hydrazine groups is 1. The predicted octanol–water partition coefficient (Wildman–Crippen LogP) is 2.76. The lowest BCUT2D eigenvalue weighted by atomic mass is 10.2. The zero-order valence-electron chi connectivity index (χ0n) is 14.3. The molecule has 0 atom stereocenters. The lowest BCUT2D eigenvalue weighted by Crippen LogP contribution is -2.41. The van der Waals surface area contributed by atoms with E-state index in [1.54, 1.807) is 6.92 Å². The van der Waals surface area contributed by atoms with Gasteiger partial charge in [0.25, 0.3) is 15.9 Å². The maximum absolute atomic E-state index is 12.4. The van der Waals surface area contributed by atoms with Crippen LogP contribution < -0.4 is 19.7 Å². The second-order valence-electron chi connectivity index (χ2n) is 5.04. The van der Waals surface area contributed by atoms with Crippen LogP contribution in [-0.4, -0.2) is 27.5 Å². The van der Waals surface area contributed by atoms with Crippen LogP contribution in [0.25, 0.3) is 0 Å². The van der Waals surface area contributed by atoms with E-state index in [0.717, 1.165) is 0 Å². The molecule has 2 N–H and O–H groups in total. The van der Waals surface area contributed by atoms with Gasteiger partial charge in [0.05, 0.1) is 18.1 Å². The van der Waals surface area contributed by atoms with Crippen molar-refractivity contribution < 1.29 is 22.7 Å². The van der Waals surface area contributed by atoms with Crippen molar-refractivity contribution >= 4 is 27.5 Å². The van der Waals surface area contributed by atoms with Gasteiger partial charge in [0.2, 0.25) is 0 Å². The Labute approximate surface area is 157 Å². The topological polar surface area (TPSA) is 93.7 Å². The zero-order valence-corrected chi connectivity index (χ0v) is 15.9. The molecule has 0 unspecified atom stereocenters. The van der Waals surface area contributed by atoms with Crippen LogP contribution in [0.3, 0.4) is 0 Å². The van der Waals surface area contributed by atoms with E-state index in [1.165, 1.54) is 42.5 Å². The third-order valence-corrected chi connectivity index (χ3v) is 4.73. The third-order valence-electron chi connectivity index (χ3n) is 3.23. The molecule has 0 saturated heterocycles. The van der Waals surface area contributed by atoms with Crippen LogP contribution in [0.2, 0.25) is 5.02 Å². The summed E-state index contributed by atoms with van der Waals surface area (Å²) in [5.74, 6) is 0.140. The Hall–Kier alpha value is -2.29. The van der Waals surface area contributed by atoms with Crippen molar-refractivity contribution in [1.29, 1.82) is 0 Å². The van der Waals surface area contributed by atoms with Gasteiger partial charge in [0, 0.05) is 16.7 Å². The van der Waals surface area contributed by atoms with Crippen molar-refractivity contribution in [3.8, 4) is 11.5 Å². The molecule has 7 nitrogen and oxygen atoms in total. The van der Waals surface area contributed by atoms with Gasteiger partial charge < -0.3 is 9.47 Å². The Morgan fingerprint density at radius 2 is 1.62 bits per heavy atom. The van der Waals surface area contributed by atoms with Gasteiger partial charge in [-0.15, -0.1) is 4.83 Å². The molecule has 0 aromatic heterocycles. The number of nitrogens with one attached hydrogen (secondary N) is 2. The molecule has 0 spiro atoms. The molecular weight excluding hydrogens is 380 g/mol. The van der Waals surface area contributed by atoms with Gasteiger partial charge in [-0.1, -0.05) is 11.6 Å². The first-order valence-corrected chi connectivity index (χ1v) is 9.71. The Morgan fingerprint density at radius 3 is 2.23 bits per heavy atom. The molecule has 0 fully saturated rings. The molecule has 140 valence electrons. The number of ether oxygens (including phenoxy) is 2. The molecule has 0 heterocycles. The molecule has 0 bridgehead atoms. The highest BCUT2D eigenvalue weighted by atomic mass is 35.5. The summed E-state index contributed by atoms with van der Waals surface area (Å²) < 4.78 is 35.6. The number of sulfonamides is 1. The SMILES string of the molecule is CCOc1ccc(S(=O)(=O)NNC(=O)c2ccc(Cl)cc2)cc1OCC. The fourth-order valence-electron chi connectivity index (χ4n) is 2.04. The summed E-state index contributed by atoms with van der Waals surface area (Å²) in [6.07, 6.45) is 0. The molecule has 0 aliphatic rings. The Morgan fingerprint density at radius 1 is 1.00 bits per heavy atom. The van der Waals surface area contributed by atoms with Gasteiger partial charge in [-0.2, -0.15) is 0 Å². The number of amides is 1. The minimum absolute atomic E-state index is 0.0687. The monoisotopic (exact) mass is 398 g/mol. The maximum atomic E-state index is 12.4. The summed E-state index contributed by atoms with van der Waals surface area (Å²) in [4.78, 5) is 14.0. The van der Waals surface area contributed by atoms with Crippen LogP contribution >= 0.6 is 11.6 Å². The highest BCUT2D eigenvalue weighted by Crippen LogP contribution is 2.30. The number of hydrogen-bond acceptors (Lipinski definition) is 5. The molecule has 2 aromatic carbocycles. The number of carbonyl (C=O) groups excluding carboxylic acids is 1. The fourth-order valence-corrected chi connectivity index (χ4v) is 3.02. The number of hydrogen-bond donors (Lipinski definition) is 2. The molecule has 0 aliphatic carbocycles. The van der Waals surface area contributed by atoms with E-state index in [4.69, 9.17) is 21.1 Å². The Bertz CT molecular complexity index is 869. The average Bonchev–Trinajstić information content (AvgIpc) is 2.62. The predicted molar refractivity (Wildman–Crippen MR) is 98.0 cm³/mol. The third kappa shape index (κ3) is 5.10. The molecule has 0 radical (unpaired) electrons. The Balaban J connectivity index is 2.15. The van der Waals surface area contributed by atoms with Crippen molar-refractivity contribution in [2.75, 3.05) is 13.2 Å². The highest BCUT2D eigenvalue weighted by molar-refractivity contribution is 7.89. The number of halogens is 1. The first kappa shape index (κ1) is 20.0. The van der Waals surface area contributed by atoms with Crippen molar-refractivity contribution in [3.63, 3.8) is 0 Å². The van der Waals surface area contributed by atoms with E-state index >= 15 is 0 Å². The number of rotatable bonds is 8. The van der Waals surface area contributed by atoms with Crippen LogP contribution in [0.1, 0.15) is 24.2 Å². The summed E-state index contributed by atoms with van der Waals surface area (Å²) >= 11 is 5.76. The largest absolute Gasteiger partial charge is 0.490 e. The Kier molecular flexibility index (Phi) is 6.84. The van der Waals surface area contributed by atoms with Gasteiger partial charge in [-0.25, -0.2) is 8.42 Å². The summed E-state index contributed by atoms with van der Waals surface area (Å²) in [6.45, 7) is 4.36. The van der Waals surface area contributed by atoms with Crippen molar-refractivity contribution in [2.24, 2.45) is 0 Å². The minimum Gasteiger partial charge on any atom is -0.490 e. The van der Waals surface area contributed by atoms with E-state index in [2.05, 4.69) is 10.3 Å². The van der Waals surface area contributed by atoms with Crippen LogP contribution in [0.4, 0.5) is 0 Å². The number of carbonyl (C=O) groups is 1. The van der Waals surface area contributed by atoms with Crippen LogP contribution in [-0.2, 0) is 10.0 Å². The molecule has 9 heteroatoms. The summed E-state index contributed by atoms with van der Waals surface area (Å²) in [6, 6.07) is 10.2. The van der Waals surface area contributed by atoms with Crippen LogP contribution in [0.15, 0.2) is 47.4 Å². The minimum atomic E-state index is -3.99. The molecule has 1 amide bonds. The molecule has 2 rings (SSSR count). The normalized spacial score (nSPS) is 11.0. The first-order valence-electron chi connectivity index (χ1n) is 7.84. The van der Waals surface area contributed by atoms with Gasteiger partial charge >= 0.3 is 0 Å². The van der Waals surface area contributed by atoms with Crippen LogP contribution in [0.5, 0.6) is 11.5 Å². The van der Waals surface area contributed by atoms with Crippen molar-refractivity contribution in [2.45, 2.75) is 18.7 Å². The fraction of sp³-hybridized carbons (Fsp3) is 0.235. The van der Waals surface area contributed by atoms with Gasteiger partial charge in [0.1, 0.15) is 0 Å². The molecule has 0 saturated carbocycles. The summed E-state index contributed by atoms with van der Waals surface area (Å²) in [5, 5.41) is 0.472. The van der Waals surface area contributed by atoms with E-state index in [0.29, 0.717) is 29.7 Å². The van der Waals surface area contributed by atoms with Crippen molar-refractivity contribution in [3.05, 3.63) is 53.1 Å². The molecular formula is C17H19ClN2O5S. The highest BCUT2D eigenvalue weighted by Gasteiger charge is 2.18. The zero-order chi connectivity index (χ0) is 19.2. The second kappa shape index (κ2) is 8.88. The quantitative estimate of drug-likeness (QED) is 0.667. The van der Waals surface area contributed by atoms with Crippen molar-refractivity contribution in [1.82, 2.24) is 10.3 Å². The molecule has 2 aromatic rings. The second-order valence-corrected chi connectivity index (χ2v) is 7.16. The molecule has 26 heavy (non-hydrogen) atoms. The number of benzene rings is 2. The lowest BCUT2D eigenvalue weighted by Gasteiger charge is -2.13. The maximum Gasteiger partial charge on any atom is 0.266 e. The van der Waals surface area contributed by atoms with E-state index < -0.39 is 15.9 Å². The molecule has 0 aliphatic heterocycles. The van der Waals surface area contributed by atoms with Gasteiger partial charge in [-0.3, -0.25) is 10.2 Å². The van der Waals surface area contributed by atoms with Gasteiger partial charge in [0.15, 0.2) is 11.5 Å².